The zero-order valence-electron chi connectivity index (χ0n) is 17.7. The number of hydrogen-bond donors (Lipinski definition) is 0. The first-order valence-corrected chi connectivity index (χ1v) is 9.99. The van der Waals surface area contributed by atoms with Gasteiger partial charge in [0, 0.05) is 36.8 Å². The summed E-state index contributed by atoms with van der Waals surface area (Å²) >= 11 is 0. The fourth-order valence-corrected chi connectivity index (χ4v) is 4.51. The van der Waals surface area contributed by atoms with Crippen molar-refractivity contribution < 1.29 is 19.4 Å². The molecule has 0 bridgehead atoms. The van der Waals surface area contributed by atoms with Gasteiger partial charge in [-0.3, -0.25) is 9.69 Å². The number of hydrogen-bond acceptors (Lipinski definition) is 5. The van der Waals surface area contributed by atoms with Crippen molar-refractivity contribution in [1.82, 2.24) is 9.80 Å². The van der Waals surface area contributed by atoms with Crippen LogP contribution in [0.5, 0.6) is 11.5 Å². The van der Waals surface area contributed by atoms with Gasteiger partial charge in [0.15, 0.2) is 11.5 Å². The Hall–Kier alpha value is -2.21. The average Bonchev–Trinajstić information content (AvgIpc) is 2.65. The Bertz CT molecular complexity index is 777. The average molecular weight is 388 g/mol. The largest absolute Gasteiger partial charge is 0.875 e. The first-order valence-electron chi connectivity index (χ1n) is 9.99. The van der Waals surface area contributed by atoms with E-state index in [1.54, 1.807) is 19.1 Å². The minimum absolute atomic E-state index is 0.0147. The molecule has 0 radical (unpaired) electrons. The first kappa shape index (κ1) is 20.5. The molecule has 1 unspecified atom stereocenters. The van der Waals surface area contributed by atoms with Gasteiger partial charge in [-0.15, -0.1) is 5.76 Å². The predicted octanol–water partition coefficient (Wildman–Crippen LogP) is 2.27. The van der Waals surface area contributed by atoms with Gasteiger partial charge in [0.1, 0.15) is 0 Å². The van der Waals surface area contributed by atoms with Crippen LogP contribution in [0, 0.1) is 0 Å². The van der Waals surface area contributed by atoms with E-state index in [9.17, 15) is 9.90 Å². The van der Waals surface area contributed by atoms with Crippen molar-refractivity contribution in [2.75, 3.05) is 27.3 Å². The van der Waals surface area contributed by atoms with Crippen LogP contribution in [-0.4, -0.2) is 55.1 Å². The third-order valence-electron chi connectivity index (χ3n) is 5.80. The van der Waals surface area contributed by atoms with Crippen molar-refractivity contribution in [1.29, 1.82) is 0 Å². The van der Waals surface area contributed by atoms with E-state index in [4.69, 9.17) is 9.47 Å². The van der Waals surface area contributed by atoms with Crippen LogP contribution < -0.4 is 14.6 Å². The highest BCUT2D eigenvalue weighted by Gasteiger charge is 2.35. The molecule has 0 fully saturated rings. The minimum atomic E-state index is -0.119. The van der Waals surface area contributed by atoms with E-state index >= 15 is 0 Å². The van der Waals surface area contributed by atoms with E-state index in [-0.39, 0.29) is 29.8 Å². The standard InChI is InChI=1S/C22H32N2O4/c1-13(2)24(14(3)4)22(26)17-12-23-8-7-15-9-20(27-5)21(28-6)10-16(15)18(23)11-19(17)25/h9-10,13-14,18,25H,7-8,11-12H2,1-6H3/p-1. The van der Waals surface area contributed by atoms with Gasteiger partial charge in [-0.25, -0.2) is 0 Å². The van der Waals surface area contributed by atoms with Gasteiger partial charge in [-0.1, -0.05) is 0 Å². The third kappa shape index (κ3) is 3.58. The van der Waals surface area contributed by atoms with Crippen molar-refractivity contribution >= 4 is 5.91 Å². The molecule has 1 atom stereocenters. The molecular weight excluding hydrogens is 356 g/mol. The lowest BCUT2D eigenvalue weighted by Gasteiger charge is -2.45. The number of methoxy groups -OCH3 is 2. The lowest BCUT2D eigenvalue weighted by Crippen LogP contribution is -2.49. The molecule has 28 heavy (non-hydrogen) atoms. The van der Waals surface area contributed by atoms with Gasteiger partial charge in [-0.2, -0.15) is 0 Å². The summed E-state index contributed by atoms with van der Waals surface area (Å²) < 4.78 is 10.9. The van der Waals surface area contributed by atoms with Crippen molar-refractivity contribution in [2.24, 2.45) is 0 Å². The Balaban J connectivity index is 1.94. The second kappa shape index (κ2) is 8.03. The molecule has 2 aliphatic heterocycles. The van der Waals surface area contributed by atoms with Crippen LogP contribution in [0.4, 0.5) is 0 Å². The molecule has 6 heteroatoms. The van der Waals surface area contributed by atoms with Gasteiger partial charge in [0.05, 0.1) is 14.2 Å². The van der Waals surface area contributed by atoms with Crippen LogP contribution in [0.3, 0.4) is 0 Å². The van der Waals surface area contributed by atoms with Crippen LogP contribution in [0.25, 0.3) is 0 Å². The Morgan fingerprint density at radius 1 is 1.14 bits per heavy atom. The maximum absolute atomic E-state index is 13.1. The first-order chi connectivity index (χ1) is 13.3. The lowest BCUT2D eigenvalue weighted by molar-refractivity contribution is -0.312. The van der Waals surface area contributed by atoms with Crippen LogP contribution >= 0.6 is 0 Å². The van der Waals surface area contributed by atoms with Gasteiger partial charge in [-0.05, 0) is 63.8 Å². The molecule has 0 N–H and O–H groups in total. The third-order valence-corrected chi connectivity index (χ3v) is 5.80. The number of nitrogens with zero attached hydrogens (tertiary/aromatic N) is 2. The molecule has 0 aromatic heterocycles. The number of carbonyl (C=O) groups excluding carboxylic acids is 1. The summed E-state index contributed by atoms with van der Waals surface area (Å²) in [4.78, 5) is 17.2. The summed E-state index contributed by atoms with van der Waals surface area (Å²) in [5.41, 5.74) is 2.71. The van der Waals surface area contributed by atoms with Gasteiger partial charge >= 0.3 is 0 Å². The Morgan fingerprint density at radius 2 is 1.75 bits per heavy atom. The fourth-order valence-electron chi connectivity index (χ4n) is 4.51. The summed E-state index contributed by atoms with van der Waals surface area (Å²) in [6, 6.07) is 4.10. The van der Waals surface area contributed by atoms with Crippen LogP contribution in [0.1, 0.15) is 51.3 Å². The molecule has 1 amide bonds. The van der Waals surface area contributed by atoms with E-state index in [0.29, 0.717) is 30.0 Å². The summed E-state index contributed by atoms with van der Waals surface area (Å²) in [6.07, 6.45) is 1.19. The molecule has 2 aliphatic rings. The highest BCUT2D eigenvalue weighted by Crippen LogP contribution is 2.42. The van der Waals surface area contributed by atoms with Gasteiger partial charge < -0.3 is 19.5 Å². The summed E-state index contributed by atoms with van der Waals surface area (Å²) in [5.74, 6) is 1.22. The van der Waals surface area contributed by atoms with Crippen LogP contribution in [0.15, 0.2) is 23.5 Å². The number of benzene rings is 1. The van der Waals surface area contributed by atoms with Crippen molar-refractivity contribution in [3.63, 3.8) is 0 Å². The number of ether oxygens (including phenoxy) is 2. The molecule has 0 saturated heterocycles. The highest BCUT2D eigenvalue weighted by molar-refractivity contribution is 5.95. The van der Waals surface area contributed by atoms with Crippen molar-refractivity contribution in [3.8, 4) is 11.5 Å². The normalized spacial score (nSPS) is 19.5. The highest BCUT2D eigenvalue weighted by atomic mass is 16.5. The quantitative estimate of drug-likeness (QED) is 0.775. The second-order valence-corrected chi connectivity index (χ2v) is 8.15. The summed E-state index contributed by atoms with van der Waals surface area (Å²) in [7, 11) is 3.25. The maximum Gasteiger partial charge on any atom is 0.250 e. The molecule has 1 aromatic carbocycles. The molecule has 2 heterocycles. The van der Waals surface area contributed by atoms with E-state index < -0.39 is 0 Å². The van der Waals surface area contributed by atoms with E-state index in [1.165, 1.54) is 5.56 Å². The van der Waals surface area contributed by atoms with E-state index in [0.717, 1.165) is 18.5 Å². The summed E-state index contributed by atoms with van der Waals surface area (Å²) in [5, 5.41) is 13.0. The second-order valence-electron chi connectivity index (χ2n) is 8.15. The topological polar surface area (TPSA) is 65.1 Å². The maximum atomic E-state index is 13.1. The fraction of sp³-hybridized carbons (Fsp3) is 0.591. The molecule has 0 aliphatic carbocycles. The molecule has 0 spiro atoms. The Labute approximate surface area is 167 Å². The van der Waals surface area contributed by atoms with Crippen LogP contribution in [-0.2, 0) is 11.2 Å². The predicted molar refractivity (Wildman–Crippen MR) is 106 cm³/mol. The number of carbonyl (C=O) groups is 1. The van der Waals surface area contributed by atoms with E-state index in [1.807, 2.05) is 39.8 Å². The molecule has 0 saturated carbocycles. The number of amides is 1. The van der Waals surface area contributed by atoms with Crippen LogP contribution in [0.2, 0.25) is 0 Å². The SMILES string of the molecule is COc1cc2c(cc1OC)C1CC([O-])=C(C(=O)N(C(C)C)C(C)C)CN1CC2. The zero-order chi connectivity index (χ0) is 20.6. The smallest absolute Gasteiger partial charge is 0.250 e. The molecular formula is C22H31N2O4-. The Morgan fingerprint density at radius 3 is 2.32 bits per heavy atom. The molecule has 1 aromatic rings. The zero-order valence-corrected chi connectivity index (χ0v) is 17.7. The minimum Gasteiger partial charge on any atom is -0.875 e. The molecule has 3 rings (SSSR count). The molecule has 6 nitrogen and oxygen atoms in total. The number of fused-ring (bicyclic) bond motifs is 3. The summed E-state index contributed by atoms with van der Waals surface area (Å²) in [6.45, 7) is 9.19. The van der Waals surface area contributed by atoms with Gasteiger partial charge in [0.25, 0.3) is 5.91 Å². The molecule has 154 valence electrons. The lowest BCUT2D eigenvalue weighted by atomic mass is 9.86. The van der Waals surface area contributed by atoms with E-state index in [2.05, 4.69) is 4.90 Å². The Kier molecular flexibility index (Phi) is 5.89. The van der Waals surface area contributed by atoms with Gasteiger partial charge in [0.2, 0.25) is 0 Å². The van der Waals surface area contributed by atoms with Crippen molar-refractivity contribution in [3.05, 3.63) is 34.6 Å². The number of rotatable bonds is 5. The van der Waals surface area contributed by atoms with Crippen molar-refractivity contribution in [2.45, 2.75) is 58.7 Å². The monoisotopic (exact) mass is 387 g/mol.